The molecule has 0 spiro atoms. The fourth-order valence-corrected chi connectivity index (χ4v) is 4.40. The van der Waals surface area contributed by atoms with Crippen LogP contribution in [0.25, 0.3) is 5.57 Å². The summed E-state index contributed by atoms with van der Waals surface area (Å²) in [5.41, 5.74) is 3.22. The molecule has 0 unspecified atom stereocenters. The van der Waals surface area contributed by atoms with Gasteiger partial charge in [-0.25, -0.2) is 0 Å². The molecule has 1 aliphatic heterocycles. The summed E-state index contributed by atoms with van der Waals surface area (Å²) >= 11 is 7.67. The molecule has 3 aromatic rings. The summed E-state index contributed by atoms with van der Waals surface area (Å²) in [7, 11) is 1.62. The second kappa shape index (κ2) is 8.96. The second-order valence-electron chi connectivity index (χ2n) is 7.12. The number of nitrogens with zero attached hydrogens (tertiary/aromatic N) is 1. The van der Waals surface area contributed by atoms with Crippen molar-refractivity contribution in [2.45, 2.75) is 13.3 Å². The van der Waals surface area contributed by atoms with Crippen LogP contribution in [0.15, 0.2) is 65.7 Å². The summed E-state index contributed by atoms with van der Waals surface area (Å²) in [6, 6.07) is 16.8. The summed E-state index contributed by atoms with van der Waals surface area (Å²) < 4.78 is 5.18. The standard InChI is InChI=1S/C24H21ClN2O3S/c1-15-18(25)5-3-6-19(15)26-22-21(20-7-4-14-31-20)23(28)27(24(22)29)13-12-16-8-10-17(30-2)11-9-16/h3-11,14,26H,12-13H2,1-2H3. The van der Waals surface area contributed by atoms with Crippen LogP contribution in [-0.2, 0) is 16.0 Å². The van der Waals surface area contributed by atoms with E-state index >= 15 is 0 Å². The molecule has 158 valence electrons. The van der Waals surface area contributed by atoms with E-state index in [4.69, 9.17) is 16.3 Å². The van der Waals surface area contributed by atoms with Crippen molar-refractivity contribution in [2.75, 3.05) is 19.0 Å². The van der Waals surface area contributed by atoms with E-state index in [0.29, 0.717) is 29.2 Å². The molecule has 0 atom stereocenters. The quantitative estimate of drug-likeness (QED) is 0.503. The molecule has 0 aliphatic carbocycles. The van der Waals surface area contributed by atoms with Crippen LogP contribution >= 0.6 is 22.9 Å². The average molecular weight is 453 g/mol. The van der Waals surface area contributed by atoms with Crippen molar-refractivity contribution in [3.63, 3.8) is 0 Å². The lowest BCUT2D eigenvalue weighted by atomic mass is 10.1. The number of hydrogen-bond acceptors (Lipinski definition) is 5. The fourth-order valence-electron chi connectivity index (χ4n) is 3.46. The Morgan fingerprint density at radius 2 is 1.81 bits per heavy atom. The Morgan fingerprint density at radius 3 is 2.48 bits per heavy atom. The first-order chi connectivity index (χ1) is 15.0. The average Bonchev–Trinajstić information content (AvgIpc) is 3.37. The second-order valence-corrected chi connectivity index (χ2v) is 8.48. The number of ether oxygens (including phenoxy) is 1. The Kier molecular flexibility index (Phi) is 6.11. The molecule has 0 saturated carbocycles. The monoisotopic (exact) mass is 452 g/mol. The molecule has 2 heterocycles. The fraction of sp³-hybridized carbons (Fsp3) is 0.167. The Balaban J connectivity index is 1.61. The van der Waals surface area contributed by atoms with Gasteiger partial charge in [-0.2, -0.15) is 0 Å². The summed E-state index contributed by atoms with van der Waals surface area (Å²) in [4.78, 5) is 28.6. The maximum absolute atomic E-state index is 13.3. The zero-order chi connectivity index (χ0) is 22.0. The van der Waals surface area contributed by atoms with Crippen molar-refractivity contribution in [3.8, 4) is 5.75 Å². The third-order valence-corrected chi connectivity index (χ3v) is 6.54. The Bertz CT molecular complexity index is 1150. The molecule has 2 amide bonds. The lowest BCUT2D eigenvalue weighted by Gasteiger charge is -2.16. The van der Waals surface area contributed by atoms with Crippen LogP contribution in [0, 0.1) is 6.92 Å². The number of hydrogen-bond donors (Lipinski definition) is 1. The van der Waals surface area contributed by atoms with Gasteiger partial charge in [0, 0.05) is 22.1 Å². The van der Waals surface area contributed by atoms with E-state index in [2.05, 4.69) is 5.32 Å². The van der Waals surface area contributed by atoms with Gasteiger partial charge in [-0.05, 0) is 60.2 Å². The predicted molar refractivity (Wildman–Crippen MR) is 124 cm³/mol. The van der Waals surface area contributed by atoms with Crippen LogP contribution in [0.3, 0.4) is 0 Å². The van der Waals surface area contributed by atoms with Gasteiger partial charge in [0.1, 0.15) is 11.4 Å². The zero-order valence-electron chi connectivity index (χ0n) is 17.1. The minimum Gasteiger partial charge on any atom is -0.497 e. The van der Waals surface area contributed by atoms with E-state index in [1.165, 1.54) is 16.2 Å². The number of benzene rings is 2. The summed E-state index contributed by atoms with van der Waals surface area (Å²) in [5.74, 6) is 0.145. The topological polar surface area (TPSA) is 58.6 Å². The summed E-state index contributed by atoms with van der Waals surface area (Å²) in [6.45, 7) is 2.16. The normalized spacial score (nSPS) is 13.8. The molecular weight excluding hydrogens is 432 g/mol. The lowest BCUT2D eigenvalue weighted by Crippen LogP contribution is -2.34. The maximum atomic E-state index is 13.3. The minimum absolute atomic E-state index is 0.285. The van der Waals surface area contributed by atoms with Gasteiger partial charge in [0.15, 0.2) is 0 Å². The summed E-state index contributed by atoms with van der Waals surface area (Å²) in [5, 5.41) is 5.67. The van der Waals surface area contributed by atoms with Crippen LogP contribution in [-0.4, -0.2) is 30.4 Å². The largest absolute Gasteiger partial charge is 0.497 e. The van der Waals surface area contributed by atoms with Gasteiger partial charge in [0.05, 0.1) is 12.7 Å². The highest BCUT2D eigenvalue weighted by Crippen LogP contribution is 2.34. The van der Waals surface area contributed by atoms with Gasteiger partial charge in [-0.15, -0.1) is 11.3 Å². The molecule has 31 heavy (non-hydrogen) atoms. The van der Waals surface area contributed by atoms with Crippen LogP contribution in [0.2, 0.25) is 5.02 Å². The first kappa shape index (κ1) is 21.2. The number of rotatable bonds is 7. The number of thiophene rings is 1. The van der Waals surface area contributed by atoms with E-state index in [1.807, 2.05) is 60.8 Å². The lowest BCUT2D eigenvalue weighted by molar-refractivity contribution is -0.136. The zero-order valence-corrected chi connectivity index (χ0v) is 18.7. The first-order valence-electron chi connectivity index (χ1n) is 9.79. The molecule has 2 aromatic carbocycles. The van der Waals surface area contributed by atoms with Crippen molar-refractivity contribution < 1.29 is 14.3 Å². The number of amides is 2. The van der Waals surface area contributed by atoms with E-state index in [1.54, 1.807) is 13.2 Å². The smallest absolute Gasteiger partial charge is 0.278 e. The number of imide groups is 1. The van der Waals surface area contributed by atoms with Gasteiger partial charge < -0.3 is 10.1 Å². The molecule has 1 aromatic heterocycles. The molecular formula is C24H21ClN2O3S. The van der Waals surface area contributed by atoms with Gasteiger partial charge >= 0.3 is 0 Å². The highest BCUT2D eigenvalue weighted by Gasteiger charge is 2.39. The molecule has 1 aliphatic rings. The van der Waals surface area contributed by atoms with Gasteiger partial charge in [0.25, 0.3) is 11.8 Å². The Labute approximate surface area is 189 Å². The first-order valence-corrected chi connectivity index (χ1v) is 11.0. The predicted octanol–water partition coefficient (Wildman–Crippen LogP) is 5.15. The number of carbonyl (C=O) groups is 2. The molecule has 4 rings (SSSR count). The Morgan fingerprint density at radius 1 is 1.03 bits per heavy atom. The van der Waals surface area contributed by atoms with Crippen LogP contribution in [0.4, 0.5) is 5.69 Å². The van der Waals surface area contributed by atoms with Crippen LogP contribution < -0.4 is 10.1 Å². The molecule has 1 N–H and O–H groups in total. The highest BCUT2D eigenvalue weighted by atomic mass is 35.5. The Hall–Kier alpha value is -3.09. The number of methoxy groups -OCH3 is 1. The van der Waals surface area contributed by atoms with Crippen molar-refractivity contribution in [1.82, 2.24) is 4.90 Å². The van der Waals surface area contributed by atoms with Crippen LogP contribution in [0.1, 0.15) is 16.0 Å². The highest BCUT2D eigenvalue weighted by molar-refractivity contribution is 7.11. The van der Waals surface area contributed by atoms with Gasteiger partial charge in [0.2, 0.25) is 0 Å². The van der Waals surface area contributed by atoms with Crippen molar-refractivity contribution in [1.29, 1.82) is 0 Å². The number of anilines is 1. The van der Waals surface area contributed by atoms with Crippen molar-refractivity contribution in [2.24, 2.45) is 0 Å². The molecule has 0 bridgehead atoms. The maximum Gasteiger partial charge on any atom is 0.278 e. The van der Waals surface area contributed by atoms with Crippen LogP contribution in [0.5, 0.6) is 5.75 Å². The van der Waals surface area contributed by atoms with Gasteiger partial charge in [-0.3, -0.25) is 14.5 Å². The molecule has 0 fully saturated rings. The molecule has 5 nitrogen and oxygen atoms in total. The SMILES string of the molecule is COc1ccc(CCN2C(=O)C(Nc3cccc(Cl)c3C)=C(c3cccs3)C2=O)cc1. The van der Waals surface area contributed by atoms with E-state index in [9.17, 15) is 9.59 Å². The number of halogens is 1. The third-order valence-electron chi connectivity index (χ3n) is 5.25. The van der Waals surface area contributed by atoms with Crippen molar-refractivity contribution in [3.05, 3.63) is 86.7 Å². The number of nitrogens with one attached hydrogen (secondary N) is 1. The third kappa shape index (κ3) is 4.22. The molecule has 7 heteroatoms. The molecule has 0 saturated heterocycles. The molecule has 0 radical (unpaired) electrons. The summed E-state index contributed by atoms with van der Waals surface area (Å²) in [6.07, 6.45) is 0.558. The number of carbonyl (C=O) groups excluding carboxylic acids is 2. The van der Waals surface area contributed by atoms with E-state index in [-0.39, 0.29) is 17.5 Å². The van der Waals surface area contributed by atoms with Crippen molar-refractivity contribution >= 4 is 46.0 Å². The van der Waals surface area contributed by atoms with E-state index < -0.39 is 0 Å². The van der Waals surface area contributed by atoms with Gasteiger partial charge in [-0.1, -0.05) is 35.9 Å². The van der Waals surface area contributed by atoms with E-state index in [0.717, 1.165) is 21.8 Å². The minimum atomic E-state index is -0.332.